The second-order valence-electron chi connectivity index (χ2n) is 3.95. The number of nitrogens with one attached hydrogen (secondary N) is 1. The van der Waals surface area contributed by atoms with Crippen LogP contribution >= 0.6 is 43.2 Å². The molecule has 2 atom stereocenters. The minimum Gasteiger partial charge on any atom is -0.327 e. The fraction of sp³-hybridized carbons (Fsp3) is 1.00. The van der Waals surface area contributed by atoms with Crippen LogP contribution in [0.1, 0.15) is 19.3 Å². The molecular formula is C9H18N2S4. The second-order valence-corrected chi connectivity index (χ2v) is 9.27. The van der Waals surface area contributed by atoms with Crippen molar-refractivity contribution in [1.29, 1.82) is 0 Å². The summed E-state index contributed by atoms with van der Waals surface area (Å²) in [7, 11) is 7.95. The minimum absolute atomic E-state index is 0.392. The quantitative estimate of drug-likeness (QED) is 0.758. The molecule has 0 aromatic carbocycles. The van der Waals surface area contributed by atoms with Crippen molar-refractivity contribution in [2.75, 3.05) is 17.3 Å². The first-order valence-corrected chi connectivity index (χ1v) is 10.3. The maximum atomic E-state index is 5.98. The highest BCUT2D eigenvalue weighted by Gasteiger charge is 2.23. The van der Waals surface area contributed by atoms with E-state index in [0.717, 1.165) is 18.2 Å². The monoisotopic (exact) mass is 282 g/mol. The van der Waals surface area contributed by atoms with Crippen LogP contribution < -0.4 is 11.1 Å². The number of nitrogens with two attached hydrogens (primary N) is 1. The van der Waals surface area contributed by atoms with Crippen molar-refractivity contribution in [3.05, 3.63) is 0 Å². The molecule has 0 spiro atoms. The van der Waals surface area contributed by atoms with E-state index in [4.69, 9.17) is 5.73 Å². The standard InChI is InChI=1S/C9H18N2S4/c10-7-5-9(15-14-6-7)11-8-1-3-12-13-4-2-8/h7-9,11H,1-6,10H2. The maximum absolute atomic E-state index is 5.98. The van der Waals surface area contributed by atoms with E-state index in [1.165, 1.54) is 24.3 Å². The molecule has 0 saturated carbocycles. The van der Waals surface area contributed by atoms with Crippen molar-refractivity contribution in [3.63, 3.8) is 0 Å². The molecule has 0 aromatic heterocycles. The Bertz CT molecular complexity index is 185. The molecule has 2 rings (SSSR count). The molecule has 2 heterocycles. The van der Waals surface area contributed by atoms with E-state index >= 15 is 0 Å². The van der Waals surface area contributed by atoms with Crippen molar-refractivity contribution in [1.82, 2.24) is 5.32 Å². The summed E-state index contributed by atoms with van der Waals surface area (Å²) in [4.78, 5) is 0. The normalized spacial score (nSPS) is 35.0. The van der Waals surface area contributed by atoms with Gasteiger partial charge in [0.1, 0.15) is 0 Å². The average Bonchev–Trinajstić information content (AvgIpc) is 2.46. The zero-order valence-corrected chi connectivity index (χ0v) is 12.0. The SMILES string of the molecule is NC1CSSC(NC2CCSSCC2)C1. The summed E-state index contributed by atoms with van der Waals surface area (Å²) in [5, 5.41) is 4.34. The van der Waals surface area contributed by atoms with E-state index in [2.05, 4.69) is 5.32 Å². The Morgan fingerprint density at radius 1 is 1.07 bits per heavy atom. The molecule has 88 valence electrons. The van der Waals surface area contributed by atoms with Crippen LogP contribution in [-0.2, 0) is 0 Å². The van der Waals surface area contributed by atoms with E-state index in [0.29, 0.717) is 11.4 Å². The molecule has 2 aliphatic heterocycles. The Hall–Kier alpha value is 1.32. The van der Waals surface area contributed by atoms with Crippen LogP contribution in [-0.4, -0.2) is 34.7 Å². The lowest BCUT2D eigenvalue weighted by molar-refractivity contribution is 0.451. The van der Waals surface area contributed by atoms with Gasteiger partial charge in [-0.2, -0.15) is 0 Å². The Morgan fingerprint density at radius 3 is 2.47 bits per heavy atom. The summed E-state index contributed by atoms with van der Waals surface area (Å²) in [6, 6.07) is 1.11. The van der Waals surface area contributed by atoms with Gasteiger partial charge in [-0.3, -0.25) is 0 Å². The largest absolute Gasteiger partial charge is 0.327 e. The lowest BCUT2D eigenvalue weighted by atomic mass is 10.1. The molecule has 0 amide bonds. The van der Waals surface area contributed by atoms with Crippen LogP contribution in [0.15, 0.2) is 0 Å². The first-order valence-electron chi connectivity index (χ1n) is 5.39. The second kappa shape index (κ2) is 6.91. The number of rotatable bonds is 2. The van der Waals surface area contributed by atoms with Crippen LogP contribution in [0.3, 0.4) is 0 Å². The molecular weight excluding hydrogens is 264 g/mol. The molecule has 2 unspecified atom stereocenters. The van der Waals surface area contributed by atoms with Gasteiger partial charge in [0, 0.05) is 29.3 Å². The van der Waals surface area contributed by atoms with Crippen LogP contribution in [0.25, 0.3) is 0 Å². The molecule has 6 heteroatoms. The highest BCUT2D eigenvalue weighted by Crippen LogP contribution is 2.35. The summed E-state index contributed by atoms with van der Waals surface area (Å²) >= 11 is 0. The highest BCUT2D eigenvalue weighted by molar-refractivity contribution is 8.77. The molecule has 2 aliphatic rings. The Kier molecular flexibility index (Phi) is 5.88. The molecule has 15 heavy (non-hydrogen) atoms. The molecule has 2 saturated heterocycles. The molecule has 3 N–H and O–H groups in total. The van der Waals surface area contributed by atoms with Crippen molar-refractivity contribution >= 4 is 43.2 Å². The van der Waals surface area contributed by atoms with Crippen LogP contribution in [0.5, 0.6) is 0 Å². The smallest absolute Gasteiger partial charge is 0.0654 e. The van der Waals surface area contributed by atoms with E-state index in [1.54, 1.807) is 0 Å². The van der Waals surface area contributed by atoms with Gasteiger partial charge in [-0.15, -0.1) is 0 Å². The van der Waals surface area contributed by atoms with Gasteiger partial charge >= 0.3 is 0 Å². The van der Waals surface area contributed by atoms with Gasteiger partial charge < -0.3 is 11.1 Å². The van der Waals surface area contributed by atoms with Gasteiger partial charge in [-0.05, 0) is 19.3 Å². The summed E-state index contributed by atoms with van der Waals surface area (Å²) in [5.41, 5.74) is 5.98. The zero-order chi connectivity index (χ0) is 10.5. The van der Waals surface area contributed by atoms with E-state index < -0.39 is 0 Å². The fourth-order valence-corrected chi connectivity index (χ4v) is 6.82. The van der Waals surface area contributed by atoms with Crippen LogP contribution in [0.4, 0.5) is 0 Å². The van der Waals surface area contributed by atoms with Gasteiger partial charge in [-0.1, -0.05) is 43.2 Å². The average molecular weight is 283 g/mol. The van der Waals surface area contributed by atoms with Gasteiger partial charge in [0.15, 0.2) is 0 Å². The third kappa shape index (κ3) is 4.60. The van der Waals surface area contributed by atoms with E-state index in [-0.39, 0.29) is 0 Å². The summed E-state index contributed by atoms with van der Waals surface area (Å²) in [5.74, 6) is 3.69. The summed E-state index contributed by atoms with van der Waals surface area (Å²) in [6.07, 6.45) is 3.76. The molecule has 0 aromatic rings. The highest BCUT2D eigenvalue weighted by atomic mass is 33.1. The van der Waals surface area contributed by atoms with E-state index in [9.17, 15) is 0 Å². The Labute approximate surface area is 108 Å². The number of hydrogen-bond donors (Lipinski definition) is 2. The predicted octanol–water partition coefficient (Wildman–Crippen LogP) is 2.56. The van der Waals surface area contributed by atoms with Crippen LogP contribution in [0.2, 0.25) is 0 Å². The maximum Gasteiger partial charge on any atom is 0.0654 e. The fourth-order valence-electron chi connectivity index (χ4n) is 1.76. The van der Waals surface area contributed by atoms with Crippen molar-refractivity contribution in [3.8, 4) is 0 Å². The first kappa shape index (κ1) is 12.8. The lowest BCUT2D eigenvalue weighted by Gasteiger charge is -2.29. The van der Waals surface area contributed by atoms with Crippen molar-refractivity contribution < 1.29 is 0 Å². The molecule has 2 nitrogen and oxygen atoms in total. The van der Waals surface area contributed by atoms with Crippen molar-refractivity contribution in [2.45, 2.75) is 36.7 Å². The van der Waals surface area contributed by atoms with Crippen LogP contribution in [0, 0.1) is 0 Å². The van der Waals surface area contributed by atoms with Gasteiger partial charge in [0.2, 0.25) is 0 Å². The molecule has 0 radical (unpaired) electrons. The topological polar surface area (TPSA) is 38.0 Å². The number of hydrogen-bond acceptors (Lipinski definition) is 6. The Balaban J connectivity index is 1.74. The molecule has 0 bridgehead atoms. The zero-order valence-electron chi connectivity index (χ0n) is 8.69. The third-order valence-electron chi connectivity index (χ3n) is 2.59. The predicted molar refractivity (Wildman–Crippen MR) is 77.5 cm³/mol. The molecule has 2 fully saturated rings. The summed E-state index contributed by atoms with van der Waals surface area (Å²) in [6.45, 7) is 0. The third-order valence-corrected chi connectivity index (χ3v) is 7.83. The van der Waals surface area contributed by atoms with Gasteiger partial charge in [-0.25, -0.2) is 0 Å². The van der Waals surface area contributed by atoms with Gasteiger partial charge in [0.05, 0.1) is 5.37 Å². The van der Waals surface area contributed by atoms with Crippen molar-refractivity contribution in [2.24, 2.45) is 5.73 Å². The lowest BCUT2D eigenvalue weighted by Crippen LogP contribution is -2.42. The van der Waals surface area contributed by atoms with E-state index in [1.807, 2.05) is 43.2 Å². The molecule has 0 aliphatic carbocycles. The minimum atomic E-state index is 0.392. The summed E-state index contributed by atoms with van der Waals surface area (Å²) < 4.78 is 0. The first-order chi connectivity index (χ1) is 7.34. The Morgan fingerprint density at radius 2 is 1.80 bits per heavy atom. The van der Waals surface area contributed by atoms with Gasteiger partial charge in [0.25, 0.3) is 0 Å².